The third-order valence-corrected chi connectivity index (χ3v) is 3.50. The zero-order valence-corrected chi connectivity index (χ0v) is 11.5. The van der Waals surface area contributed by atoms with Crippen LogP contribution in [-0.2, 0) is 6.54 Å². The van der Waals surface area contributed by atoms with Crippen LogP contribution >= 0.6 is 15.9 Å². The molecule has 1 aromatic heterocycles. The van der Waals surface area contributed by atoms with Crippen LogP contribution in [0.1, 0.15) is 33.5 Å². The fourth-order valence-electron chi connectivity index (χ4n) is 1.16. The topological polar surface area (TPSA) is 25.2 Å². The van der Waals surface area contributed by atoms with Crippen LogP contribution in [0.2, 0.25) is 0 Å². The summed E-state index contributed by atoms with van der Waals surface area (Å²) in [6.45, 7) is 10.9. The molecule has 86 valence electrons. The van der Waals surface area contributed by atoms with Crippen molar-refractivity contribution < 1.29 is 4.42 Å². The lowest BCUT2D eigenvalue weighted by Crippen LogP contribution is -2.33. The molecule has 0 saturated heterocycles. The molecule has 3 heteroatoms. The van der Waals surface area contributed by atoms with E-state index in [1.165, 1.54) is 0 Å². The Labute approximate surface area is 101 Å². The van der Waals surface area contributed by atoms with Gasteiger partial charge in [-0.25, -0.2) is 0 Å². The fourth-order valence-corrected chi connectivity index (χ4v) is 1.50. The Balaban J connectivity index is 2.33. The summed E-state index contributed by atoms with van der Waals surface area (Å²) in [5.41, 5.74) is 0.323. The molecule has 0 unspecified atom stereocenters. The molecule has 0 aliphatic heterocycles. The molecule has 0 atom stereocenters. The van der Waals surface area contributed by atoms with E-state index in [9.17, 15) is 0 Å². The normalized spacial score (nSPS) is 12.4. The van der Waals surface area contributed by atoms with Gasteiger partial charge in [-0.1, -0.05) is 27.7 Å². The molecule has 0 bridgehead atoms. The van der Waals surface area contributed by atoms with Crippen LogP contribution < -0.4 is 5.32 Å². The lowest BCUT2D eigenvalue weighted by Gasteiger charge is -2.29. The Morgan fingerprint density at radius 1 is 1.40 bits per heavy atom. The summed E-state index contributed by atoms with van der Waals surface area (Å²) in [7, 11) is 0. The SMILES string of the molecule is CC(C)C(C)(C)CNCc1ccc(Br)o1. The summed E-state index contributed by atoms with van der Waals surface area (Å²) >= 11 is 3.29. The molecule has 0 amide bonds. The van der Waals surface area contributed by atoms with Crippen molar-refractivity contribution in [2.75, 3.05) is 6.54 Å². The summed E-state index contributed by atoms with van der Waals surface area (Å²) < 4.78 is 6.21. The molecule has 15 heavy (non-hydrogen) atoms. The van der Waals surface area contributed by atoms with E-state index >= 15 is 0 Å². The number of nitrogens with one attached hydrogen (secondary N) is 1. The van der Waals surface area contributed by atoms with Crippen molar-refractivity contribution in [1.29, 1.82) is 0 Å². The minimum atomic E-state index is 0.323. The van der Waals surface area contributed by atoms with Crippen LogP contribution in [0.25, 0.3) is 0 Å². The van der Waals surface area contributed by atoms with Gasteiger partial charge < -0.3 is 9.73 Å². The Bertz CT molecular complexity index is 304. The van der Waals surface area contributed by atoms with Crippen molar-refractivity contribution in [3.05, 3.63) is 22.6 Å². The summed E-state index contributed by atoms with van der Waals surface area (Å²) in [5.74, 6) is 1.65. The maximum Gasteiger partial charge on any atom is 0.169 e. The van der Waals surface area contributed by atoms with Crippen molar-refractivity contribution in [3.63, 3.8) is 0 Å². The highest BCUT2D eigenvalue weighted by Crippen LogP contribution is 2.24. The van der Waals surface area contributed by atoms with Gasteiger partial charge in [0.05, 0.1) is 6.54 Å². The lowest BCUT2D eigenvalue weighted by atomic mass is 9.81. The maximum atomic E-state index is 5.41. The molecule has 0 aliphatic carbocycles. The van der Waals surface area contributed by atoms with Crippen molar-refractivity contribution in [2.24, 2.45) is 11.3 Å². The molecule has 0 aliphatic rings. The van der Waals surface area contributed by atoms with Gasteiger partial charge in [-0.05, 0) is 39.4 Å². The maximum absolute atomic E-state index is 5.41. The van der Waals surface area contributed by atoms with Crippen LogP contribution in [0.3, 0.4) is 0 Å². The van der Waals surface area contributed by atoms with E-state index in [0.29, 0.717) is 11.3 Å². The van der Waals surface area contributed by atoms with Crippen molar-refractivity contribution >= 4 is 15.9 Å². The first-order chi connectivity index (χ1) is 6.92. The highest BCUT2D eigenvalue weighted by atomic mass is 79.9. The molecule has 1 heterocycles. The third kappa shape index (κ3) is 3.99. The smallest absolute Gasteiger partial charge is 0.169 e. The number of halogens is 1. The average Bonchev–Trinajstić information content (AvgIpc) is 2.51. The molecule has 1 rings (SSSR count). The van der Waals surface area contributed by atoms with Crippen molar-refractivity contribution in [3.8, 4) is 0 Å². The van der Waals surface area contributed by atoms with Crippen molar-refractivity contribution in [2.45, 2.75) is 34.2 Å². The molecule has 2 nitrogen and oxygen atoms in total. The highest BCUT2D eigenvalue weighted by Gasteiger charge is 2.21. The van der Waals surface area contributed by atoms with Crippen LogP contribution in [0.15, 0.2) is 21.2 Å². The molecule has 0 aromatic carbocycles. The zero-order valence-electron chi connectivity index (χ0n) is 9.93. The van der Waals surface area contributed by atoms with Gasteiger partial charge in [0.2, 0.25) is 0 Å². The second-order valence-electron chi connectivity index (χ2n) is 4.95. The predicted molar refractivity (Wildman–Crippen MR) is 66.7 cm³/mol. The summed E-state index contributed by atoms with van der Waals surface area (Å²) in [4.78, 5) is 0. The van der Waals surface area contributed by atoms with Crippen LogP contribution in [0, 0.1) is 11.3 Å². The van der Waals surface area contributed by atoms with Gasteiger partial charge in [0.25, 0.3) is 0 Å². The number of hydrogen-bond acceptors (Lipinski definition) is 2. The van der Waals surface area contributed by atoms with Gasteiger partial charge in [0.15, 0.2) is 4.67 Å². The molecule has 0 saturated carbocycles. The highest BCUT2D eigenvalue weighted by molar-refractivity contribution is 9.10. The minimum Gasteiger partial charge on any atom is -0.453 e. The molecule has 0 spiro atoms. The van der Waals surface area contributed by atoms with Crippen LogP contribution in [0.5, 0.6) is 0 Å². The molecular weight excluding hydrogens is 254 g/mol. The van der Waals surface area contributed by atoms with Crippen LogP contribution in [0.4, 0.5) is 0 Å². The van der Waals surface area contributed by atoms with Gasteiger partial charge >= 0.3 is 0 Å². The predicted octanol–water partition coefficient (Wildman–Crippen LogP) is 3.81. The van der Waals surface area contributed by atoms with Gasteiger partial charge in [-0.15, -0.1) is 0 Å². The molecule has 0 fully saturated rings. The van der Waals surface area contributed by atoms with E-state index in [2.05, 4.69) is 48.9 Å². The summed E-state index contributed by atoms with van der Waals surface area (Å²) in [5, 5.41) is 3.42. The monoisotopic (exact) mass is 273 g/mol. The molecule has 1 aromatic rings. The summed E-state index contributed by atoms with van der Waals surface area (Å²) in [6.07, 6.45) is 0. The first kappa shape index (κ1) is 12.8. The zero-order chi connectivity index (χ0) is 11.5. The fraction of sp³-hybridized carbons (Fsp3) is 0.667. The quantitative estimate of drug-likeness (QED) is 0.883. The number of rotatable bonds is 5. The molecular formula is C12H20BrNO. The van der Waals surface area contributed by atoms with E-state index in [0.717, 1.165) is 23.5 Å². The van der Waals surface area contributed by atoms with E-state index in [1.54, 1.807) is 0 Å². The third-order valence-electron chi connectivity index (χ3n) is 3.07. The second-order valence-corrected chi connectivity index (χ2v) is 5.73. The van der Waals surface area contributed by atoms with E-state index in [-0.39, 0.29) is 0 Å². The van der Waals surface area contributed by atoms with E-state index in [1.807, 2.05) is 12.1 Å². The van der Waals surface area contributed by atoms with Gasteiger partial charge in [0, 0.05) is 6.54 Å². The van der Waals surface area contributed by atoms with Gasteiger partial charge in [0.1, 0.15) is 5.76 Å². The van der Waals surface area contributed by atoms with E-state index < -0.39 is 0 Å². The standard InChI is InChI=1S/C12H20BrNO/c1-9(2)12(3,4)8-14-7-10-5-6-11(13)15-10/h5-6,9,14H,7-8H2,1-4H3. The first-order valence-electron chi connectivity index (χ1n) is 5.37. The Morgan fingerprint density at radius 2 is 2.07 bits per heavy atom. The molecule has 0 radical (unpaired) electrons. The average molecular weight is 274 g/mol. The van der Waals surface area contributed by atoms with Crippen LogP contribution in [-0.4, -0.2) is 6.54 Å². The number of hydrogen-bond donors (Lipinski definition) is 1. The Morgan fingerprint density at radius 3 is 2.53 bits per heavy atom. The molecule has 1 N–H and O–H groups in total. The Hall–Kier alpha value is -0.280. The minimum absolute atomic E-state index is 0.323. The van der Waals surface area contributed by atoms with E-state index in [4.69, 9.17) is 4.42 Å². The number of furan rings is 1. The van der Waals surface area contributed by atoms with Gasteiger partial charge in [-0.3, -0.25) is 0 Å². The first-order valence-corrected chi connectivity index (χ1v) is 6.16. The second kappa shape index (κ2) is 5.17. The largest absolute Gasteiger partial charge is 0.453 e. The van der Waals surface area contributed by atoms with Crippen molar-refractivity contribution in [1.82, 2.24) is 5.32 Å². The lowest BCUT2D eigenvalue weighted by molar-refractivity contribution is 0.235. The van der Waals surface area contributed by atoms with Gasteiger partial charge in [-0.2, -0.15) is 0 Å². The Kier molecular flexibility index (Phi) is 4.41. The summed E-state index contributed by atoms with van der Waals surface area (Å²) in [6, 6.07) is 3.91.